The molecule has 4 rings (SSSR count). The number of hydrogen-bond donors (Lipinski definition) is 4. The Morgan fingerprint density at radius 3 is 2.34 bits per heavy atom. The molecule has 2 fully saturated rings. The molecule has 3 heterocycles. The minimum Gasteiger partial charge on any atom is -0.396 e. The molecule has 2 aliphatic rings. The molecular formula is C26H38N8O4. The SMILES string of the molecule is CC(C)(N)C(=O)N1CCN(C(=O)Nc2ccn(-c3ccc(CN4CC[C@H](N)[C@H](CO)C4)cc3)c(=O)n2)CC1. The molecule has 206 valence electrons. The molecule has 2 aromatic rings. The highest BCUT2D eigenvalue weighted by atomic mass is 16.3. The summed E-state index contributed by atoms with van der Waals surface area (Å²) in [4.78, 5) is 47.3. The van der Waals surface area contributed by atoms with Crippen molar-refractivity contribution in [2.75, 3.05) is 51.2 Å². The molecule has 12 heteroatoms. The number of carbonyl (C=O) groups is 2. The Balaban J connectivity index is 1.32. The van der Waals surface area contributed by atoms with Crippen LogP contribution in [0, 0.1) is 5.92 Å². The number of rotatable bonds is 6. The van der Waals surface area contributed by atoms with Gasteiger partial charge in [0.2, 0.25) is 5.91 Å². The second-order valence-electron chi connectivity index (χ2n) is 10.7. The number of nitrogens with two attached hydrogens (primary N) is 2. The number of nitrogens with one attached hydrogen (secondary N) is 1. The number of amides is 3. The summed E-state index contributed by atoms with van der Waals surface area (Å²) in [5, 5.41) is 12.2. The Morgan fingerprint density at radius 1 is 1.08 bits per heavy atom. The molecule has 1 aromatic heterocycles. The van der Waals surface area contributed by atoms with Gasteiger partial charge in [0, 0.05) is 64.0 Å². The Kier molecular flexibility index (Phi) is 8.46. The Bertz CT molecular complexity index is 1180. The first-order valence-corrected chi connectivity index (χ1v) is 13.0. The molecule has 0 saturated carbocycles. The third-order valence-electron chi connectivity index (χ3n) is 7.18. The van der Waals surface area contributed by atoms with E-state index in [0.717, 1.165) is 31.6 Å². The number of piperidine rings is 1. The van der Waals surface area contributed by atoms with E-state index in [9.17, 15) is 19.5 Å². The van der Waals surface area contributed by atoms with Gasteiger partial charge in [-0.25, -0.2) is 9.59 Å². The van der Waals surface area contributed by atoms with E-state index in [4.69, 9.17) is 11.5 Å². The summed E-state index contributed by atoms with van der Waals surface area (Å²) in [6.45, 7) is 7.32. The van der Waals surface area contributed by atoms with Gasteiger partial charge in [-0.05, 0) is 50.6 Å². The molecule has 2 atom stereocenters. The van der Waals surface area contributed by atoms with Crippen LogP contribution in [0.5, 0.6) is 0 Å². The van der Waals surface area contributed by atoms with Crippen LogP contribution < -0.4 is 22.5 Å². The minimum absolute atomic E-state index is 0.0376. The maximum absolute atomic E-state index is 12.7. The van der Waals surface area contributed by atoms with Crippen LogP contribution in [0.15, 0.2) is 41.3 Å². The number of hydrogen-bond acceptors (Lipinski definition) is 8. The highest BCUT2D eigenvalue weighted by Crippen LogP contribution is 2.18. The second-order valence-corrected chi connectivity index (χ2v) is 10.7. The fraction of sp³-hybridized carbons (Fsp3) is 0.538. The Morgan fingerprint density at radius 2 is 1.74 bits per heavy atom. The van der Waals surface area contributed by atoms with Gasteiger partial charge in [-0.1, -0.05) is 12.1 Å². The van der Waals surface area contributed by atoms with Gasteiger partial charge in [0.05, 0.1) is 11.2 Å². The van der Waals surface area contributed by atoms with Crippen molar-refractivity contribution in [3.05, 3.63) is 52.6 Å². The second kappa shape index (κ2) is 11.6. The molecule has 0 unspecified atom stereocenters. The van der Waals surface area contributed by atoms with Crippen LogP contribution in [-0.2, 0) is 11.3 Å². The molecule has 0 bridgehead atoms. The summed E-state index contributed by atoms with van der Waals surface area (Å²) < 4.78 is 1.42. The van der Waals surface area contributed by atoms with Crippen LogP contribution in [0.3, 0.4) is 0 Å². The first kappa shape index (κ1) is 27.7. The lowest BCUT2D eigenvalue weighted by atomic mass is 9.93. The van der Waals surface area contributed by atoms with Gasteiger partial charge in [0.15, 0.2) is 0 Å². The van der Waals surface area contributed by atoms with Crippen molar-refractivity contribution in [2.24, 2.45) is 17.4 Å². The van der Waals surface area contributed by atoms with E-state index in [0.29, 0.717) is 31.9 Å². The maximum Gasteiger partial charge on any atom is 0.354 e. The van der Waals surface area contributed by atoms with Crippen LogP contribution >= 0.6 is 0 Å². The zero-order chi connectivity index (χ0) is 27.4. The number of aliphatic hydroxyl groups excluding tert-OH is 1. The molecule has 0 radical (unpaired) electrons. The number of aliphatic hydroxyl groups is 1. The lowest BCUT2D eigenvalue weighted by molar-refractivity contribution is -0.137. The molecule has 1 aromatic carbocycles. The number of carbonyl (C=O) groups excluding carboxylic acids is 2. The van der Waals surface area contributed by atoms with E-state index in [2.05, 4.69) is 15.2 Å². The number of nitrogens with zero attached hydrogens (tertiary/aromatic N) is 5. The van der Waals surface area contributed by atoms with Crippen molar-refractivity contribution >= 4 is 17.8 Å². The van der Waals surface area contributed by atoms with Gasteiger partial charge in [-0.15, -0.1) is 0 Å². The molecule has 0 spiro atoms. The average Bonchev–Trinajstić information content (AvgIpc) is 2.89. The lowest BCUT2D eigenvalue weighted by Gasteiger charge is -2.37. The Hall–Kier alpha value is -3.32. The first-order valence-electron chi connectivity index (χ1n) is 13.0. The molecule has 2 saturated heterocycles. The molecule has 0 aliphatic carbocycles. The quantitative estimate of drug-likeness (QED) is 0.402. The molecule has 2 aliphatic heterocycles. The van der Waals surface area contributed by atoms with Crippen molar-refractivity contribution in [1.82, 2.24) is 24.3 Å². The van der Waals surface area contributed by atoms with E-state index in [1.54, 1.807) is 35.9 Å². The van der Waals surface area contributed by atoms with Crippen molar-refractivity contribution in [2.45, 2.75) is 38.4 Å². The lowest BCUT2D eigenvalue weighted by Crippen LogP contribution is -2.58. The third kappa shape index (κ3) is 6.57. The highest BCUT2D eigenvalue weighted by molar-refractivity contribution is 5.89. The number of anilines is 1. The average molecular weight is 527 g/mol. The number of likely N-dealkylation sites (tertiary alicyclic amines) is 1. The van der Waals surface area contributed by atoms with Gasteiger partial charge in [-0.3, -0.25) is 19.6 Å². The summed E-state index contributed by atoms with van der Waals surface area (Å²) in [5.74, 6) is 0.0997. The van der Waals surface area contributed by atoms with E-state index in [1.807, 2.05) is 24.3 Å². The van der Waals surface area contributed by atoms with Crippen molar-refractivity contribution in [1.29, 1.82) is 0 Å². The fourth-order valence-corrected chi connectivity index (χ4v) is 4.86. The van der Waals surface area contributed by atoms with Crippen molar-refractivity contribution < 1.29 is 14.7 Å². The van der Waals surface area contributed by atoms with E-state index in [1.165, 1.54) is 4.57 Å². The maximum atomic E-state index is 12.7. The summed E-state index contributed by atoms with van der Waals surface area (Å²) in [6, 6.07) is 8.90. The largest absolute Gasteiger partial charge is 0.396 e. The summed E-state index contributed by atoms with van der Waals surface area (Å²) in [5.41, 5.74) is 12.3. The number of urea groups is 1. The first-order chi connectivity index (χ1) is 18.0. The number of benzene rings is 1. The number of aromatic nitrogens is 2. The van der Waals surface area contributed by atoms with E-state index >= 15 is 0 Å². The smallest absolute Gasteiger partial charge is 0.354 e. The molecule has 6 N–H and O–H groups in total. The fourth-order valence-electron chi connectivity index (χ4n) is 4.86. The Labute approximate surface area is 222 Å². The van der Waals surface area contributed by atoms with Gasteiger partial charge in [-0.2, -0.15) is 4.98 Å². The zero-order valence-electron chi connectivity index (χ0n) is 22.0. The summed E-state index contributed by atoms with van der Waals surface area (Å²) in [7, 11) is 0. The molecular weight excluding hydrogens is 488 g/mol. The molecule has 12 nitrogen and oxygen atoms in total. The van der Waals surface area contributed by atoms with Gasteiger partial charge >= 0.3 is 11.7 Å². The predicted octanol–water partition coefficient (Wildman–Crippen LogP) is -0.213. The van der Waals surface area contributed by atoms with E-state index in [-0.39, 0.29) is 36.3 Å². The van der Waals surface area contributed by atoms with Crippen molar-refractivity contribution in [3.63, 3.8) is 0 Å². The number of piperazine rings is 1. The van der Waals surface area contributed by atoms with Gasteiger partial charge in [0.25, 0.3) is 0 Å². The van der Waals surface area contributed by atoms with Crippen molar-refractivity contribution in [3.8, 4) is 5.69 Å². The zero-order valence-corrected chi connectivity index (χ0v) is 22.0. The van der Waals surface area contributed by atoms with Crippen LogP contribution in [-0.4, -0.2) is 98.8 Å². The van der Waals surface area contributed by atoms with Crippen LogP contribution in [0.4, 0.5) is 10.6 Å². The highest BCUT2D eigenvalue weighted by Gasteiger charge is 2.31. The van der Waals surface area contributed by atoms with Gasteiger partial charge < -0.3 is 26.4 Å². The third-order valence-corrected chi connectivity index (χ3v) is 7.18. The van der Waals surface area contributed by atoms with Crippen LogP contribution in [0.1, 0.15) is 25.8 Å². The molecule has 3 amide bonds. The summed E-state index contributed by atoms with van der Waals surface area (Å²) in [6.07, 6.45) is 2.44. The normalized spacial score (nSPS) is 20.9. The van der Waals surface area contributed by atoms with Gasteiger partial charge in [0.1, 0.15) is 5.82 Å². The van der Waals surface area contributed by atoms with Crippen LogP contribution in [0.2, 0.25) is 0 Å². The molecule has 38 heavy (non-hydrogen) atoms. The van der Waals surface area contributed by atoms with Crippen LogP contribution in [0.25, 0.3) is 5.69 Å². The minimum atomic E-state index is -0.954. The topological polar surface area (TPSA) is 163 Å². The van der Waals surface area contributed by atoms with E-state index < -0.39 is 11.2 Å². The summed E-state index contributed by atoms with van der Waals surface area (Å²) >= 11 is 0. The monoisotopic (exact) mass is 526 g/mol. The standard InChI is InChI=1S/C26H38N8O4/c1-26(2,28)23(36)32-11-13-33(14-12-32)24(37)29-22-8-10-34(25(38)30-22)20-5-3-18(4-6-20)15-31-9-7-21(27)19(16-31)17-35/h3-6,8,10,19,21,35H,7,9,11-17,27-28H2,1-2H3,(H,29,30,37,38)/t19-,21-/m0/s1. The predicted molar refractivity (Wildman–Crippen MR) is 144 cm³/mol.